The maximum atomic E-state index is 12.9. The molecule has 0 radical (unpaired) electrons. The Morgan fingerprint density at radius 1 is 1.24 bits per heavy atom. The molecule has 0 aliphatic heterocycles. The molecule has 17 heavy (non-hydrogen) atoms. The lowest BCUT2D eigenvalue weighted by molar-refractivity contribution is 0.102. The van der Waals surface area contributed by atoms with Crippen molar-refractivity contribution in [2.24, 2.45) is 0 Å². The lowest BCUT2D eigenvalue weighted by Crippen LogP contribution is -2.12. The molecule has 2 rings (SSSR count). The normalized spacial score (nSPS) is 10.3. The van der Waals surface area contributed by atoms with Crippen molar-refractivity contribution >= 4 is 11.6 Å². The van der Waals surface area contributed by atoms with Gasteiger partial charge in [0.15, 0.2) is 11.6 Å². The van der Waals surface area contributed by atoms with Gasteiger partial charge in [-0.3, -0.25) is 4.79 Å². The monoisotopic (exact) mass is 237 g/mol. The topological polar surface area (TPSA) is 42.2 Å². The molecule has 0 aliphatic carbocycles. The number of benzene rings is 1. The van der Waals surface area contributed by atoms with Crippen LogP contribution in [0.1, 0.15) is 16.1 Å². The number of amides is 1. The molecule has 5 heteroatoms. The van der Waals surface area contributed by atoms with Gasteiger partial charge >= 0.3 is 0 Å². The molecule has 0 fully saturated rings. The molecule has 1 N–H and O–H groups in total. The van der Waals surface area contributed by atoms with Crippen LogP contribution < -0.4 is 5.32 Å². The largest absolute Gasteiger partial charge is 0.469 e. The number of aryl methyl sites for hydroxylation is 1. The highest BCUT2D eigenvalue weighted by Gasteiger charge is 2.12. The van der Waals surface area contributed by atoms with E-state index in [1.807, 2.05) is 0 Å². The first kappa shape index (κ1) is 11.3. The van der Waals surface area contributed by atoms with E-state index in [1.165, 1.54) is 18.4 Å². The molecule has 2 aromatic rings. The molecule has 0 bridgehead atoms. The summed E-state index contributed by atoms with van der Waals surface area (Å²) in [7, 11) is 0. The van der Waals surface area contributed by atoms with E-state index in [9.17, 15) is 13.6 Å². The summed E-state index contributed by atoms with van der Waals surface area (Å²) in [5.74, 6) is -1.93. The van der Waals surface area contributed by atoms with E-state index in [0.717, 1.165) is 12.1 Å². The van der Waals surface area contributed by atoms with Gasteiger partial charge in [-0.1, -0.05) is 0 Å². The summed E-state index contributed by atoms with van der Waals surface area (Å²) >= 11 is 0. The summed E-state index contributed by atoms with van der Waals surface area (Å²) < 4.78 is 30.5. The number of halogens is 2. The molecule has 88 valence electrons. The average Bonchev–Trinajstić information content (AvgIpc) is 2.70. The summed E-state index contributed by atoms with van der Waals surface area (Å²) in [6, 6.07) is 4.66. The van der Waals surface area contributed by atoms with E-state index in [2.05, 4.69) is 5.32 Å². The van der Waals surface area contributed by atoms with Gasteiger partial charge < -0.3 is 9.73 Å². The van der Waals surface area contributed by atoms with Crippen LogP contribution in [0.5, 0.6) is 0 Å². The van der Waals surface area contributed by atoms with Crippen molar-refractivity contribution in [2.45, 2.75) is 6.92 Å². The van der Waals surface area contributed by atoms with Gasteiger partial charge in [0.05, 0.1) is 11.8 Å². The Morgan fingerprint density at radius 3 is 2.59 bits per heavy atom. The van der Waals surface area contributed by atoms with Crippen molar-refractivity contribution in [2.75, 3.05) is 5.32 Å². The number of rotatable bonds is 2. The average molecular weight is 237 g/mol. The Bertz CT molecular complexity index is 563. The Balaban J connectivity index is 2.19. The molecule has 1 aromatic carbocycles. The van der Waals surface area contributed by atoms with Crippen LogP contribution in [-0.2, 0) is 0 Å². The number of carbonyl (C=O) groups is 1. The van der Waals surface area contributed by atoms with Crippen LogP contribution in [0.25, 0.3) is 0 Å². The number of hydrogen-bond donors (Lipinski definition) is 1. The first-order valence-electron chi connectivity index (χ1n) is 4.88. The zero-order chi connectivity index (χ0) is 12.4. The fourth-order valence-corrected chi connectivity index (χ4v) is 1.39. The molecular formula is C12H9F2NO2. The van der Waals surface area contributed by atoms with E-state index in [-0.39, 0.29) is 5.69 Å². The second kappa shape index (κ2) is 4.37. The van der Waals surface area contributed by atoms with Crippen LogP contribution in [0, 0.1) is 18.6 Å². The molecule has 0 saturated heterocycles. The quantitative estimate of drug-likeness (QED) is 0.871. The minimum absolute atomic E-state index is 0.189. The molecule has 0 atom stereocenters. The Hall–Kier alpha value is -2.17. The Labute approximate surface area is 96.1 Å². The zero-order valence-corrected chi connectivity index (χ0v) is 8.96. The number of nitrogens with one attached hydrogen (secondary N) is 1. The van der Waals surface area contributed by atoms with Gasteiger partial charge in [0, 0.05) is 11.8 Å². The highest BCUT2D eigenvalue weighted by molar-refractivity contribution is 6.04. The van der Waals surface area contributed by atoms with E-state index >= 15 is 0 Å². The van der Waals surface area contributed by atoms with Crippen LogP contribution in [0.15, 0.2) is 34.9 Å². The van der Waals surface area contributed by atoms with Crippen LogP contribution in [-0.4, -0.2) is 5.91 Å². The van der Waals surface area contributed by atoms with Gasteiger partial charge in [0.25, 0.3) is 5.91 Å². The molecule has 3 nitrogen and oxygen atoms in total. The van der Waals surface area contributed by atoms with Gasteiger partial charge in [-0.25, -0.2) is 8.78 Å². The highest BCUT2D eigenvalue weighted by atomic mass is 19.2. The third kappa shape index (κ3) is 2.33. The van der Waals surface area contributed by atoms with Crippen LogP contribution in [0.3, 0.4) is 0 Å². The second-order valence-electron chi connectivity index (χ2n) is 3.47. The van der Waals surface area contributed by atoms with Gasteiger partial charge in [-0.15, -0.1) is 0 Å². The molecule has 0 saturated carbocycles. The fourth-order valence-electron chi connectivity index (χ4n) is 1.39. The summed E-state index contributed by atoms with van der Waals surface area (Å²) in [6.07, 6.45) is 1.38. The molecule has 1 amide bonds. The molecule has 1 heterocycles. The van der Waals surface area contributed by atoms with Crippen molar-refractivity contribution in [3.8, 4) is 0 Å². The third-order valence-corrected chi connectivity index (χ3v) is 2.28. The predicted octanol–water partition coefficient (Wildman–Crippen LogP) is 3.12. The van der Waals surface area contributed by atoms with Gasteiger partial charge in [-0.2, -0.15) is 0 Å². The second-order valence-corrected chi connectivity index (χ2v) is 3.47. The SMILES string of the molecule is Cc1occc1C(=O)Nc1ccc(F)c(F)c1. The van der Waals surface area contributed by atoms with E-state index in [1.54, 1.807) is 6.92 Å². The molecule has 0 unspecified atom stereocenters. The predicted molar refractivity (Wildman–Crippen MR) is 57.8 cm³/mol. The summed E-state index contributed by atoms with van der Waals surface area (Å²) in [5, 5.41) is 2.45. The molecule has 1 aromatic heterocycles. The van der Waals surface area contributed by atoms with Crippen molar-refractivity contribution < 1.29 is 18.0 Å². The number of carbonyl (C=O) groups excluding carboxylic acids is 1. The standard InChI is InChI=1S/C12H9F2NO2/c1-7-9(4-5-17-7)12(16)15-8-2-3-10(13)11(14)6-8/h2-6H,1H3,(H,15,16). The van der Waals surface area contributed by atoms with Gasteiger partial charge in [0.2, 0.25) is 0 Å². The van der Waals surface area contributed by atoms with Crippen molar-refractivity contribution in [1.29, 1.82) is 0 Å². The first-order chi connectivity index (χ1) is 8.08. The number of anilines is 1. The smallest absolute Gasteiger partial charge is 0.259 e. The van der Waals surface area contributed by atoms with Gasteiger partial charge in [-0.05, 0) is 25.1 Å². The van der Waals surface area contributed by atoms with E-state index < -0.39 is 17.5 Å². The summed E-state index contributed by atoms with van der Waals surface area (Å²) in [4.78, 5) is 11.7. The summed E-state index contributed by atoms with van der Waals surface area (Å²) in [6.45, 7) is 1.64. The number of hydrogen-bond acceptors (Lipinski definition) is 2. The lowest BCUT2D eigenvalue weighted by Gasteiger charge is -2.04. The Kier molecular flexibility index (Phi) is 2.91. The highest BCUT2D eigenvalue weighted by Crippen LogP contribution is 2.16. The third-order valence-electron chi connectivity index (χ3n) is 2.28. The molecule has 0 aliphatic rings. The minimum atomic E-state index is -1.01. The maximum Gasteiger partial charge on any atom is 0.259 e. The van der Waals surface area contributed by atoms with Crippen molar-refractivity contribution in [3.63, 3.8) is 0 Å². The minimum Gasteiger partial charge on any atom is -0.469 e. The Morgan fingerprint density at radius 2 is 2.00 bits per heavy atom. The zero-order valence-electron chi connectivity index (χ0n) is 8.96. The van der Waals surface area contributed by atoms with Crippen LogP contribution in [0.2, 0.25) is 0 Å². The fraction of sp³-hybridized carbons (Fsp3) is 0.0833. The molecule has 0 spiro atoms. The van der Waals surface area contributed by atoms with Crippen LogP contribution >= 0.6 is 0 Å². The lowest BCUT2D eigenvalue weighted by atomic mass is 10.2. The van der Waals surface area contributed by atoms with Gasteiger partial charge in [0.1, 0.15) is 5.76 Å². The first-order valence-corrected chi connectivity index (χ1v) is 4.88. The molecular weight excluding hydrogens is 228 g/mol. The summed E-state index contributed by atoms with van der Waals surface area (Å²) in [5.41, 5.74) is 0.546. The van der Waals surface area contributed by atoms with Crippen LogP contribution in [0.4, 0.5) is 14.5 Å². The maximum absolute atomic E-state index is 12.9. The number of furan rings is 1. The van der Waals surface area contributed by atoms with E-state index in [4.69, 9.17) is 4.42 Å². The van der Waals surface area contributed by atoms with Crippen molar-refractivity contribution in [3.05, 3.63) is 53.5 Å². The van der Waals surface area contributed by atoms with Crippen molar-refractivity contribution in [1.82, 2.24) is 0 Å². The van der Waals surface area contributed by atoms with E-state index in [0.29, 0.717) is 11.3 Å².